The van der Waals surface area contributed by atoms with Gasteiger partial charge in [0, 0.05) is 23.5 Å². The van der Waals surface area contributed by atoms with Crippen LogP contribution in [-0.4, -0.2) is 26.7 Å². The fourth-order valence-electron chi connectivity index (χ4n) is 5.21. The molecule has 1 amide bonds. The molecule has 226 valence electrons. The normalized spacial score (nSPS) is 12.9. The maximum Gasteiger partial charge on any atom is 0.261 e. The first-order valence-electron chi connectivity index (χ1n) is 14.3. The van der Waals surface area contributed by atoms with Crippen LogP contribution in [0.5, 0.6) is 0 Å². The van der Waals surface area contributed by atoms with Crippen molar-refractivity contribution < 1.29 is 22.4 Å². The van der Waals surface area contributed by atoms with Gasteiger partial charge in [0.05, 0.1) is 39.0 Å². The van der Waals surface area contributed by atoms with E-state index in [1.165, 1.54) is 35.9 Å². The Morgan fingerprint density at radius 3 is 2.52 bits per heavy atom. The first-order chi connectivity index (χ1) is 21.3. The van der Waals surface area contributed by atoms with Crippen molar-refractivity contribution in [3.8, 4) is 21.8 Å². The number of carbonyl (C=O) groups is 1. The summed E-state index contributed by atoms with van der Waals surface area (Å²) in [5.41, 5.74) is 5.77. The summed E-state index contributed by atoms with van der Waals surface area (Å²) >= 11 is 3.01. The Labute approximate surface area is 261 Å². The fourth-order valence-corrected chi connectivity index (χ4v) is 7.49. The number of halogens is 3. The lowest BCUT2D eigenvalue weighted by atomic mass is 9.96. The molecule has 11 heteroatoms. The number of nitrogens with one attached hydrogen (secondary N) is 1. The molecule has 6 rings (SSSR count). The molecule has 0 fully saturated rings. The third kappa shape index (κ3) is 6.31. The number of thiophene rings is 1. The fraction of sp³-hybridized carbons (Fsp3) is 0.242. The molecular formula is C33H29F3N4O2S2. The maximum absolute atomic E-state index is 13.7. The van der Waals surface area contributed by atoms with Crippen molar-refractivity contribution in [1.82, 2.24) is 19.6 Å². The van der Waals surface area contributed by atoms with Gasteiger partial charge in [0.25, 0.3) is 5.91 Å². The Bertz CT molecular complexity index is 1820. The van der Waals surface area contributed by atoms with Crippen LogP contribution in [0.1, 0.15) is 51.2 Å². The first-order valence-corrected chi connectivity index (χ1v) is 15.9. The molecule has 1 N–H and O–H groups in total. The van der Waals surface area contributed by atoms with E-state index in [1.807, 2.05) is 13.0 Å². The molecule has 4 heterocycles. The van der Waals surface area contributed by atoms with Crippen molar-refractivity contribution in [2.45, 2.75) is 51.1 Å². The van der Waals surface area contributed by atoms with Gasteiger partial charge in [0.2, 0.25) is 0 Å². The molecule has 0 unspecified atom stereocenters. The zero-order valence-electron chi connectivity index (χ0n) is 24.1. The summed E-state index contributed by atoms with van der Waals surface area (Å²) in [6, 6.07) is 13.8. The minimum atomic E-state index is -0.957. The highest BCUT2D eigenvalue weighted by atomic mass is 32.2. The monoisotopic (exact) mass is 634 g/mol. The number of hydrogen-bond acceptors (Lipinski definition) is 7. The van der Waals surface area contributed by atoms with E-state index in [-0.39, 0.29) is 18.3 Å². The number of aryl methyl sites for hydroxylation is 3. The van der Waals surface area contributed by atoms with Crippen LogP contribution in [0.2, 0.25) is 0 Å². The van der Waals surface area contributed by atoms with Crippen molar-refractivity contribution in [1.29, 1.82) is 0 Å². The van der Waals surface area contributed by atoms with Crippen LogP contribution >= 0.6 is 23.3 Å². The molecular weight excluding hydrogens is 606 g/mol. The Morgan fingerprint density at radius 1 is 1.00 bits per heavy atom. The van der Waals surface area contributed by atoms with Crippen molar-refractivity contribution in [2.24, 2.45) is 0 Å². The summed E-state index contributed by atoms with van der Waals surface area (Å²) in [6.07, 6.45) is 3.66. The largest absolute Gasteiger partial charge is 0.443 e. The third-order valence-electron chi connectivity index (χ3n) is 7.37. The number of pyridine rings is 1. The molecule has 0 aliphatic carbocycles. The standard InChI is InChI=1S/C33H29F3N4O2S2/c1-3-14-40-17-26-32(44-40)30(27-12-13-28(43-27)33(41)37-16-21-6-10-23(35)24(36)15-21)29(31-19(2)38-18-42-31)25(39-26)11-7-20-4-8-22(34)9-5-20/h4-6,8-10,12-13,15,18H,3,7,11,14,16-17H2,1-2H3,(H,37,41). The molecule has 0 saturated heterocycles. The van der Waals surface area contributed by atoms with Gasteiger partial charge in [-0.2, -0.15) is 0 Å². The second-order valence-electron chi connectivity index (χ2n) is 10.5. The Morgan fingerprint density at radius 2 is 1.80 bits per heavy atom. The van der Waals surface area contributed by atoms with Crippen molar-refractivity contribution in [3.05, 3.63) is 112 Å². The number of aromatic nitrogens is 2. The van der Waals surface area contributed by atoms with Crippen LogP contribution < -0.4 is 5.32 Å². The molecule has 0 bridgehead atoms. The van der Waals surface area contributed by atoms with Crippen molar-refractivity contribution in [3.63, 3.8) is 0 Å². The van der Waals surface area contributed by atoms with E-state index in [4.69, 9.17) is 9.40 Å². The summed E-state index contributed by atoms with van der Waals surface area (Å²) < 4.78 is 48.8. The molecule has 0 spiro atoms. The van der Waals surface area contributed by atoms with Crippen LogP contribution in [0.15, 0.2) is 70.3 Å². The molecule has 44 heavy (non-hydrogen) atoms. The highest BCUT2D eigenvalue weighted by Gasteiger charge is 2.32. The van der Waals surface area contributed by atoms with E-state index in [2.05, 4.69) is 21.5 Å². The maximum atomic E-state index is 13.7. The van der Waals surface area contributed by atoms with Gasteiger partial charge in [-0.15, -0.1) is 11.3 Å². The number of oxazole rings is 1. The van der Waals surface area contributed by atoms with Gasteiger partial charge >= 0.3 is 0 Å². The number of fused-ring (bicyclic) bond motifs is 1. The molecule has 0 atom stereocenters. The molecule has 3 aromatic heterocycles. The number of benzene rings is 2. The third-order valence-corrected chi connectivity index (χ3v) is 9.66. The Balaban J connectivity index is 1.39. The lowest BCUT2D eigenvalue weighted by molar-refractivity contribution is 0.0955. The number of nitrogens with zero attached hydrogens (tertiary/aromatic N) is 3. The van der Waals surface area contributed by atoms with E-state index in [9.17, 15) is 18.0 Å². The Hall–Kier alpha value is -3.93. The lowest BCUT2D eigenvalue weighted by Crippen LogP contribution is -2.21. The van der Waals surface area contributed by atoms with Gasteiger partial charge in [-0.25, -0.2) is 22.5 Å². The van der Waals surface area contributed by atoms with Gasteiger partial charge in [-0.3, -0.25) is 9.78 Å². The highest BCUT2D eigenvalue weighted by Crippen LogP contribution is 2.49. The zero-order valence-corrected chi connectivity index (χ0v) is 25.8. The molecule has 0 saturated carbocycles. The number of carbonyl (C=O) groups excluding carboxylic acids is 1. The summed E-state index contributed by atoms with van der Waals surface area (Å²) in [7, 11) is 0. The molecule has 2 aromatic carbocycles. The van der Waals surface area contributed by atoms with E-state index >= 15 is 0 Å². The topological polar surface area (TPSA) is 71.3 Å². The van der Waals surface area contributed by atoms with Gasteiger partial charge in [-0.05, 0) is 85.7 Å². The van der Waals surface area contributed by atoms with Crippen LogP contribution in [0.3, 0.4) is 0 Å². The minimum absolute atomic E-state index is 0.0613. The summed E-state index contributed by atoms with van der Waals surface area (Å²) in [5.74, 6) is -1.86. The number of amides is 1. The average Bonchev–Trinajstić information content (AvgIpc) is 3.76. The van der Waals surface area contributed by atoms with E-state index < -0.39 is 11.6 Å². The second-order valence-corrected chi connectivity index (χ2v) is 12.7. The van der Waals surface area contributed by atoms with Crippen LogP contribution in [0.4, 0.5) is 13.2 Å². The molecule has 0 radical (unpaired) electrons. The zero-order chi connectivity index (χ0) is 30.8. The minimum Gasteiger partial charge on any atom is -0.443 e. The summed E-state index contributed by atoms with van der Waals surface area (Å²) in [5, 5.41) is 2.81. The molecule has 1 aliphatic rings. The molecule has 6 nitrogen and oxygen atoms in total. The van der Waals surface area contributed by atoms with E-state index in [0.29, 0.717) is 35.6 Å². The predicted molar refractivity (Wildman–Crippen MR) is 166 cm³/mol. The summed E-state index contributed by atoms with van der Waals surface area (Å²) in [4.78, 5) is 25.1. The lowest BCUT2D eigenvalue weighted by Gasteiger charge is -2.16. The van der Waals surface area contributed by atoms with Gasteiger partial charge in [-0.1, -0.05) is 25.1 Å². The number of rotatable bonds is 10. The predicted octanol–water partition coefficient (Wildman–Crippen LogP) is 8.14. The average molecular weight is 635 g/mol. The smallest absolute Gasteiger partial charge is 0.261 e. The van der Waals surface area contributed by atoms with E-state index in [0.717, 1.165) is 68.6 Å². The highest BCUT2D eigenvalue weighted by molar-refractivity contribution is 7.97. The van der Waals surface area contributed by atoms with Gasteiger partial charge < -0.3 is 9.73 Å². The Kier molecular flexibility index (Phi) is 8.88. The van der Waals surface area contributed by atoms with Crippen LogP contribution in [-0.2, 0) is 25.9 Å². The van der Waals surface area contributed by atoms with Crippen molar-refractivity contribution in [2.75, 3.05) is 6.54 Å². The number of hydrogen-bond donors (Lipinski definition) is 1. The SMILES string of the molecule is CCCN1Cc2nc(CCc3ccc(F)cc3)c(-c3ocnc3C)c(-c3ccc(C(=O)NCc4ccc(F)c(F)c4)s3)c2S1. The summed E-state index contributed by atoms with van der Waals surface area (Å²) in [6.45, 7) is 5.67. The molecule has 1 aliphatic heterocycles. The van der Waals surface area contributed by atoms with Crippen LogP contribution in [0, 0.1) is 24.4 Å². The first kappa shape index (κ1) is 30.1. The van der Waals surface area contributed by atoms with Gasteiger partial charge in [0.1, 0.15) is 5.82 Å². The second kappa shape index (κ2) is 13.0. The van der Waals surface area contributed by atoms with Crippen molar-refractivity contribution >= 4 is 29.2 Å². The quantitative estimate of drug-likeness (QED) is 0.157. The van der Waals surface area contributed by atoms with Gasteiger partial charge in [0.15, 0.2) is 23.8 Å². The molecule has 5 aromatic rings. The van der Waals surface area contributed by atoms with Crippen LogP contribution in [0.25, 0.3) is 21.8 Å². The van der Waals surface area contributed by atoms with E-state index in [1.54, 1.807) is 30.1 Å².